The number of rotatable bonds is 8. The first kappa shape index (κ1) is 14.0. The van der Waals surface area contributed by atoms with Gasteiger partial charge in [-0.15, -0.1) is 6.58 Å². The van der Waals surface area contributed by atoms with Crippen molar-refractivity contribution in [2.75, 3.05) is 13.1 Å². The van der Waals surface area contributed by atoms with Crippen LogP contribution < -0.4 is 10.6 Å². The fourth-order valence-corrected chi connectivity index (χ4v) is 1.41. The van der Waals surface area contributed by atoms with Crippen molar-refractivity contribution < 1.29 is 4.79 Å². The number of carbonyl (C=O) groups is 1. The van der Waals surface area contributed by atoms with Gasteiger partial charge in [-0.1, -0.05) is 39.2 Å². The highest BCUT2D eigenvalue weighted by atomic mass is 16.2. The second-order valence-corrected chi connectivity index (χ2v) is 3.80. The molecule has 15 heavy (non-hydrogen) atoms. The van der Waals surface area contributed by atoms with Gasteiger partial charge in [-0.05, 0) is 12.3 Å². The Morgan fingerprint density at radius 3 is 2.67 bits per heavy atom. The predicted octanol–water partition coefficient (Wildman–Crippen LogP) is 2.69. The van der Waals surface area contributed by atoms with E-state index in [0.29, 0.717) is 12.5 Å². The highest BCUT2D eigenvalue weighted by Crippen LogP contribution is 2.10. The first-order valence-corrected chi connectivity index (χ1v) is 5.87. The van der Waals surface area contributed by atoms with E-state index in [1.807, 2.05) is 0 Å². The van der Waals surface area contributed by atoms with Gasteiger partial charge in [0.05, 0.1) is 0 Å². The third kappa shape index (κ3) is 8.03. The molecule has 0 saturated carbocycles. The molecular formula is C12H24N2O. The Morgan fingerprint density at radius 1 is 1.40 bits per heavy atom. The second kappa shape index (κ2) is 9.56. The molecule has 0 heterocycles. The molecule has 3 nitrogen and oxygen atoms in total. The zero-order valence-corrected chi connectivity index (χ0v) is 10.0. The van der Waals surface area contributed by atoms with Gasteiger partial charge >= 0.3 is 6.03 Å². The lowest BCUT2D eigenvalue weighted by Gasteiger charge is -2.15. The molecule has 2 N–H and O–H groups in total. The average Bonchev–Trinajstić information content (AvgIpc) is 2.26. The summed E-state index contributed by atoms with van der Waals surface area (Å²) in [6, 6.07) is -0.0927. The van der Waals surface area contributed by atoms with Crippen molar-refractivity contribution in [1.82, 2.24) is 10.6 Å². The molecule has 2 amide bonds. The number of unbranched alkanes of at least 4 members (excludes halogenated alkanes) is 1. The summed E-state index contributed by atoms with van der Waals surface area (Å²) in [7, 11) is 0. The Kier molecular flexibility index (Phi) is 8.93. The molecule has 0 aromatic rings. The van der Waals surface area contributed by atoms with Gasteiger partial charge in [0.15, 0.2) is 0 Å². The van der Waals surface area contributed by atoms with Crippen molar-refractivity contribution in [1.29, 1.82) is 0 Å². The Bertz CT molecular complexity index is 180. The monoisotopic (exact) mass is 212 g/mol. The molecule has 0 aromatic carbocycles. The van der Waals surface area contributed by atoms with Crippen molar-refractivity contribution in [3.63, 3.8) is 0 Å². The summed E-state index contributed by atoms with van der Waals surface area (Å²) in [5, 5.41) is 5.58. The van der Waals surface area contributed by atoms with Crippen LogP contribution in [-0.2, 0) is 0 Å². The predicted molar refractivity (Wildman–Crippen MR) is 64.9 cm³/mol. The van der Waals surface area contributed by atoms with Crippen LogP contribution in [0.3, 0.4) is 0 Å². The minimum Gasteiger partial charge on any atom is -0.338 e. The number of nitrogens with one attached hydrogen (secondary N) is 2. The van der Waals surface area contributed by atoms with Crippen LogP contribution in [0.25, 0.3) is 0 Å². The summed E-state index contributed by atoms with van der Waals surface area (Å²) in [5.41, 5.74) is 0. The van der Waals surface area contributed by atoms with E-state index in [4.69, 9.17) is 0 Å². The maximum atomic E-state index is 11.2. The van der Waals surface area contributed by atoms with E-state index in [1.54, 1.807) is 6.08 Å². The zero-order valence-electron chi connectivity index (χ0n) is 10.0. The summed E-state index contributed by atoms with van der Waals surface area (Å²) in [4.78, 5) is 11.2. The highest BCUT2D eigenvalue weighted by molar-refractivity contribution is 5.73. The van der Waals surface area contributed by atoms with E-state index < -0.39 is 0 Å². The Balaban J connectivity index is 3.59. The SMILES string of the molecule is C=CCNC(=O)NCC(CC)CCCC. The molecule has 1 atom stereocenters. The van der Waals surface area contributed by atoms with Gasteiger partial charge in [0, 0.05) is 13.1 Å². The minimum absolute atomic E-state index is 0.0927. The van der Waals surface area contributed by atoms with Crippen LogP contribution in [0.4, 0.5) is 4.79 Å². The van der Waals surface area contributed by atoms with Crippen LogP contribution in [0, 0.1) is 5.92 Å². The topological polar surface area (TPSA) is 41.1 Å². The van der Waals surface area contributed by atoms with Gasteiger partial charge < -0.3 is 10.6 Å². The molecule has 88 valence electrons. The molecule has 1 unspecified atom stereocenters. The molecule has 0 aromatic heterocycles. The van der Waals surface area contributed by atoms with Crippen LogP contribution in [-0.4, -0.2) is 19.1 Å². The fourth-order valence-electron chi connectivity index (χ4n) is 1.41. The van der Waals surface area contributed by atoms with Crippen molar-refractivity contribution in [2.24, 2.45) is 5.92 Å². The van der Waals surface area contributed by atoms with Crippen molar-refractivity contribution in [3.8, 4) is 0 Å². The van der Waals surface area contributed by atoms with Gasteiger partial charge in [-0.3, -0.25) is 0 Å². The smallest absolute Gasteiger partial charge is 0.315 e. The van der Waals surface area contributed by atoms with Crippen molar-refractivity contribution in [2.45, 2.75) is 39.5 Å². The maximum absolute atomic E-state index is 11.2. The number of amides is 2. The summed E-state index contributed by atoms with van der Waals surface area (Å²) in [5.74, 6) is 0.611. The molecule has 0 rings (SSSR count). The molecule has 0 aliphatic rings. The third-order valence-corrected chi connectivity index (χ3v) is 2.50. The molecule has 0 aliphatic carbocycles. The molecule has 0 fully saturated rings. The molecule has 0 spiro atoms. The molecule has 0 aliphatic heterocycles. The average molecular weight is 212 g/mol. The van der Waals surface area contributed by atoms with Crippen LogP contribution in [0.5, 0.6) is 0 Å². The van der Waals surface area contributed by atoms with Crippen LogP contribution in [0.15, 0.2) is 12.7 Å². The van der Waals surface area contributed by atoms with Gasteiger partial charge in [0.25, 0.3) is 0 Å². The van der Waals surface area contributed by atoms with Crippen LogP contribution in [0.2, 0.25) is 0 Å². The van der Waals surface area contributed by atoms with E-state index in [-0.39, 0.29) is 6.03 Å². The summed E-state index contributed by atoms with van der Waals surface area (Å²) in [6.07, 6.45) is 6.47. The first-order chi connectivity index (χ1) is 7.24. The van der Waals surface area contributed by atoms with E-state index >= 15 is 0 Å². The summed E-state index contributed by atoms with van der Waals surface area (Å²) < 4.78 is 0. The summed E-state index contributed by atoms with van der Waals surface area (Å²) >= 11 is 0. The molecular weight excluding hydrogens is 188 g/mol. The Hall–Kier alpha value is -0.990. The zero-order chi connectivity index (χ0) is 11.5. The summed E-state index contributed by atoms with van der Waals surface area (Å²) in [6.45, 7) is 9.21. The lowest BCUT2D eigenvalue weighted by Crippen LogP contribution is -2.38. The normalized spacial score (nSPS) is 11.9. The highest BCUT2D eigenvalue weighted by Gasteiger charge is 2.07. The van der Waals surface area contributed by atoms with Gasteiger partial charge in [0.1, 0.15) is 0 Å². The van der Waals surface area contributed by atoms with E-state index in [0.717, 1.165) is 13.0 Å². The largest absolute Gasteiger partial charge is 0.338 e. The lowest BCUT2D eigenvalue weighted by molar-refractivity contribution is 0.239. The Labute approximate surface area is 93.3 Å². The van der Waals surface area contributed by atoms with Crippen molar-refractivity contribution >= 4 is 6.03 Å². The number of hydrogen-bond acceptors (Lipinski definition) is 1. The van der Waals surface area contributed by atoms with E-state index in [9.17, 15) is 4.79 Å². The van der Waals surface area contributed by atoms with Gasteiger partial charge in [0.2, 0.25) is 0 Å². The minimum atomic E-state index is -0.0927. The van der Waals surface area contributed by atoms with Crippen LogP contribution >= 0.6 is 0 Å². The van der Waals surface area contributed by atoms with Crippen LogP contribution in [0.1, 0.15) is 39.5 Å². The quantitative estimate of drug-likeness (QED) is 0.597. The molecule has 0 saturated heterocycles. The number of carbonyl (C=O) groups excluding carboxylic acids is 1. The van der Waals surface area contributed by atoms with E-state index in [2.05, 4.69) is 31.1 Å². The molecule has 3 heteroatoms. The Morgan fingerprint density at radius 2 is 2.13 bits per heavy atom. The standard InChI is InChI=1S/C12H24N2O/c1-4-7-8-11(6-3)10-14-12(15)13-9-5-2/h5,11H,2,4,6-10H2,1,3H3,(H2,13,14,15). The number of urea groups is 1. The first-order valence-electron chi connectivity index (χ1n) is 5.87. The van der Waals surface area contributed by atoms with Gasteiger partial charge in [-0.2, -0.15) is 0 Å². The van der Waals surface area contributed by atoms with Gasteiger partial charge in [-0.25, -0.2) is 4.79 Å². The fraction of sp³-hybridized carbons (Fsp3) is 0.750. The van der Waals surface area contributed by atoms with Crippen molar-refractivity contribution in [3.05, 3.63) is 12.7 Å². The molecule has 0 radical (unpaired) electrons. The maximum Gasteiger partial charge on any atom is 0.315 e. The van der Waals surface area contributed by atoms with E-state index in [1.165, 1.54) is 19.3 Å². The third-order valence-electron chi connectivity index (χ3n) is 2.50. The number of hydrogen-bond donors (Lipinski definition) is 2. The second-order valence-electron chi connectivity index (χ2n) is 3.80. The molecule has 0 bridgehead atoms. The lowest BCUT2D eigenvalue weighted by atomic mass is 9.99.